The molecule has 0 radical (unpaired) electrons. The van der Waals surface area contributed by atoms with Crippen LogP contribution < -0.4 is 9.47 Å². The number of phenolic OH excluding ortho intramolecular Hbond substituents is 1. The Kier molecular flexibility index (Phi) is 7.11. The van der Waals surface area contributed by atoms with Crippen LogP contribution in [-0.4, -0.2) is 23.3 Å². The van der Waals surface area contributed by atoms with Crippen molar-refractivity contribution < 1.29 is 29.2 Å². The first-order chi connectivity index (χ1) is 14.8. The highest BCUT2D eigenvalue weighted by atomic mass is 16.7. The highest BCUT2D eigenvalue weighted by Crippen LogP contribution is 2.47. The van der Waals surface area contributed by atoms with Gasteiger partial charge >= 0.3 is 5.97 Å². The summed E-state index contributed by atoms with van der Waals surface area (Å²) in [6.45, 7) is 6.05. The van der Waals surface area contributed by atoms with Gasteiger partial charge in [-0.2, -0.15) is 0 Å². The van der Waals surface area contributed by atoms with E-state index in [1.807, 2.05) is 19.9 Å². The topological polar surface area (TPSA) is 85.2 Å². The summed E-state index contributed by atoms with van der Waals surface area (Å²) < 4.78 is 16.9. The van der Waals surface area contributed by atoms with Crippen LogP contribution in [0.2, 0.25) is 0 Å². The van der Waals surface area contributed by atoms with Crippen molar-refractivity contribution in [3.05, 3.63) is 46.5 Å². The average Bonchev–Trinajstić information content (AvgIpc) is 2.99. The Balaban J connectivity index is 2.07. The maximum absolute atomic E-state index is 12.7. The number of esters is 1. The van der Waals surface area contributed by atoms with Crippen molar-refractivity contribution in [2.45, 2.75) is 71.5 Å². The second-order valence-electron chi connectivity index (χ2n) is 8.16. The largest absolute Gasteiger partial charge is 0.504 e. The molecule has 0 fully saturated rings. The highest BCUT2D eigenvalue weighted by Gasteiger charge is 2.46. The molecule has 1 unspecified atom stereocenters. The van der Waals surface area contributed by atoms with Gasteiger partial charge in [0, 0.05) is 18.1 Å². The van der Waals surface area contributed by atoms with Gasteiger partial charge in [-0.15, -0.1) is 0 Å². The van der Waals surface area contributed by atoms with Gasteiger partial charge in [-0.1, -0.05) is 39.2 Å². The van der Waals surface area contributed by atoms with E-state index in [2.05, 4.69) is 6.92 Å². The summed E-state index contributed by atoms with van der Waals surface area (Å²) >= 11 is 0. The molecule has 0 saturated heterocycles. The number of aromatic hydroxyl groups is 1. The van der Waals surface area contributed by atoms with Crippen LogP contribution in [0.4, 0.5) is 0 Å². The Morgan fingerprint density at radius 3 is 2.48 bits per heavy atom. The van der Waals surface area contributed by atoms with E-state index in [1.165, 1.54) is 7.11 Å². The van der Waals surface area contributed by atoms with E-state index in [9.17, 15) is 15.0 Å². The van der Waals surface area contributed by atoms with Crippen molar-refractivity contribution in [3.63, 3.8) is 0 Å². The number of hydrogen-bond donors (Lipinski definition) is 2. The number of ether oxygens (including phenoxy) is 3. The number of aryl methyl sites for hydroxylation is 2. The summed E-state index contributed by atoms with van der Waals surface area (Å²) in [5, 5.41) is 21.7. The third-order valence-electron chi connectivity index (χ3n) is 5.62. The Bertz CT molecular complexity index is 952. The van der Waals surface area contributed by atoms with Crippen LogP contribution in [0.25, 0.3) is 0 Å². The molecule has 0 saturated carbocycles. The first-order valence-corrected chi connectivity index (χ1v) is 11.0. The molecule has 0 amide bonds. The predicted molar refractivity (Wildman–Crippen MR) is 118 cm³/mol. The van der Waals surface area contributed by atoms with E-state index in [0.717, 1.165) is 43.2 Å². The van der Waals surface area contributed by atoms with Gasteiger partial charge in [-0.05, 0) is 49.4 Å². The van der Waals surface area contributed by atoms with Gasteiger partial charge in [-0.25, -0.2) is 4.79 Å². The summed E-state index contributed by atoms with van der Waals surface area (Å²) in [4.78, 5) is 12.7. The molecule has 0 bridgehead atoms. The van der Waals surface area contributed by atoms with Crippen LogP contribution >= 0.6 is 0 Å². The number of aliphatic hydroxyl groups is 1. The molecule has 1 heterocycles. The number of carbonyl (C=O) groups excluding carboxylic acids is 1. The number of phenols is 1. The lowest BCUT2D eigenvalue weighted by Crippen LogP contribution is -2.25. The summed E-state index contributed by atoms with van der Waals surface area (Å²) in [6.07, 6.45) is 5.68. The molecular weight excluding hydrogens is 396 g/mol. The number of benzene rings is 2. The zero-order chi connectivity index (χ0) is 22.6. The van der Waals surface area contributed by atoms with Crippen LogP contribution in [0.15, 0.2) is 24.3 Å². The average molecular weight is 429 g/mol. The lowest BCUT2D eigenvalue weighted by Gasteiger charge is -2.22. The minimum atomic E-state index is -1.71. The van der Waals surface area contributed by atoms with E-state index in [-0.39, 0.29) is 23.5 Å². The smallest absolute Gasteiger partial charge is 0.345 e. The fourth-order valence-electron chi connectivity index (χ4n) is 3.98. The number of hydrogen-bond acceptors (Lipinski definition) is 6. The minimum Gasteiger partial charge on any atom is -0.504 e. The van der Waals surface area contributed by atoms with Crippen molar-refractivity contribution in [1.82, 2.24) is 0 Å². The number of methoxy groups -OCH3 is 1. The fourth-order valence-corrected chi connectivity index (χ4v) is 3.98. The van der Waals surface area contributed by atoms with Crippen molar-refractivity contribution in [2.75, 3.05) is 7.11 Å². The van der Waals surface area contributed by atoms with Gasteiger partial charge in [0.1, 0.15) is 17.1 Å². The second kappa shape index (κ2) is 9.60. The molecule has 2 aromatic rings. The number of cyclic esters (lactones) is 1. The van der Waals surface area contributed by atoms with Gasteiger partial charge in [0.05, 0.1) is 7.11 Å². The summed E-state index contributed by atoms with van der Waals surface area (Å²) in [6, 6.07) is 6.82. The lowest BCUT2D eigenvalue weighted by molar-refractivity contribution is -0.168. The Morgan fingerprint density at radius 2 is 1.81 bits per heavy atom. The molecule has 3 rings (SSSR count). The first-order valence-electron chi connectivity index (χ1n) is 11.0. The third kappa shape index (κ3) is 4.79. The monoisotopic (exact) mass is 428 g/mol. The fraction of sp³-hybridized carbons (Fsp3) is 0.480. The van der Waals surface area contributed by atoms with E-state index >= 15 is 0 Å². The molecule has 1 atom stereocenters. The number of carbonyl (C=O) groups is 1. The van der Waals surface area contributed by atoms with Crippen LogP contribution in [0.5, 0.6) is 23.0 Å². The highest BCUT2D eigenvalue weighted by molar-refractivity contribution is 5.98. The van der Waals surface area contributed by atoms with Crippen molar-refractivity contribution >= 4 is 5.97 Å². The number of unbranched alkanes of at least 4 members (excludes halogenated alkanes) is 3. The summed E-state index contributed by atoms with van der Waals surface area (Å²) in [7, 11) is 1.51. The molecule has 6 heteroatoms. The first kappa shape index (κ1) is 22.9. The Labute approximate surface area is 183 Å². The standard InChI is InChI=1S/C25H32O6/c1-5-7-9-10-17-12-16(3)13-20(26)23(17)30-21-15-18(29-4)14-19-22(21)24(27)31-25(19,28)11-8-6-2/h12-15,26,28H,5-11H2,1-4H3. The predicted octanol–water partition coefficient (Wildman–Crippen LogP) is 5.74. The summed E-state index contributed by atoms with van der Waals surface area (Å²) in [5.74, 6) is -1.41. The maximum Gasteiger partial charge on any atom is 0.345 e. The zero-order valence-corrected chi connectivity index (χ0v) is 18.8. The van der Waals surface area contributed by atoms with Gasteiger partial charge in [0.2, 0.25) is 5.79 Å². The lowest BCUT2D eigenvalue weighted by atomic mass is 9.96. The van der Waals surface area contributed by atoms with Gasteiger partial charge in [0.25, 0.3) is 0 Å². The number of rotatable bonds is 10. The molecule has 6 nitrogen and oxygen atoms in total. The Hall–Kier alpha value is -2.73. The number of fused-ring (bicyclic) bond motifs is 1. The quantitative estimate of drug-likeness (QED) is 0.371. The van der Waals surface area contributed by atoms with E-state index in [1.54, 1.807) is 18.2 Å². The minimum absolute atomic E-state index is 0.00989. The zero-order valence-electron chi connectivity index (χ0n) is 18.8. The van der Waals surface area contributed by atoms with Crippen molar-refractivity contribution in [2.24, 2.45) is 0 Å². The van der Waals surface area contributed by atoms with E-state index < -0.39 is 11.8 Å². The molecular formula is C25H32O6. The van der Waals surface area contributed by atoms with Crippen LogP contribution in [0.1, 0.15) is 79.4 Å². The second-order valence-corrected chi connectivity index (χ2v) is 8.16. The van der Waals surface area contributed by atoms with Crippen LogP contribution in [0, 0.1) is 6.92 Å². The molecule has 0 spiro atoms. The third-order valence-corrected chi connectivity index (χ3v) is 5.62. The van der Waals surface area contributed by atoms with Gasteiger partial charge in [-0.3, -0.25) is 0 Å². The molecule has 2 N–H and O–H groups in total. The summed E-state index contributed by atoms with van der Waals surface area (Å²) in [5.41, 5.74) is 2.30. The van der Waals surface area contributed by atoms with Gasteiger partial charge < -0.3 is 24.4 Å². The van der Waals surface area contributed by atoms with E-state index in [4.69, 9.17) is 14.2 Å². The van der Waals surface area contributed by atoms with Crippen LogP contribution in [0.3, 0.4) is 0 Å². The molecule has 1 aliphatic rings. The molecule has 168 valence electrons. The molecule has 31 heavy (non-hydrogen) atoms. The van der Waals surface area contributed by atoms with Crippen LogP contribution in [-0.2, 0) is 16.9 Å². The normalized spacial score (nSPS) is 17.4. The van der Waals surface area contributed by atoms with Crippen molar-refractivity contribution in [1.29, 1.82) is 0 Å². The van der Waals surface area contributed by atoms with Gasteiger partial charge in [0.15, 0.2) is 11.5 Å². The van der Waals surface area contributed by atoms with E-state index in [0.29, 0.717) is 23.5 Å². The maximum atomic E-state index is 12.7. The molecule has 1 aliphatic heterocycles. The molecule has 2 aromatic carbocycles. The SMILES string of the molecule is CCCCCc1cc(C)cc(O)c1Oc1cc(OC)cc2c1C(=O)OC2(O)CCCC. The molecule has 0 aromatic heterocycles. The van der Waals surface area contributed by atoms with Crippen molar-refractivity contribution in [3.8, 4) is 23.0 Å². The Morgan fingerprint density at radius 1 is 1.06 bits per heavy atom. The molecule has 0 aliphatic carbocycles.